The van der Waals surface area contributed by atoms with Crippen molar-refractivity contribution in [1.82, 2.24) is 5.32 Å². The monoisotopic (exact) mass is 378 g/mol. The average Bonchev–Trinajstić information content (AvgIpc) is 3.36. The summed E-state index contributed by atoms with van der Waals surface area (Å²) in [6, 6.07) is 23.7. The second kappa shape index (κ2) is 6.92. The van der Waals surface area contributed by atoms with Crippen molar-refractivity contribution in [3.8, 4) is 28.5 Å². The average molecular weight is 378 g/mol. The molecule has 3 heteroatoms. The fourth-order valence-electron chi connectivity index (χ4n) is 4.65. The van der Waals surface area contributed by atoms with E-state index in [9.17, 15) is 5.26 Å². The molecule has 1 N–H and O–H groups in total. The Kier molecular flexibility index (Phi) is 4.23. The van der Waals surface area contributed by atoms with Gasteiger partial charge >= 0.3 is 0 Å². The predicted octanol–water partition coefficient (Wildman–Crippen LogP) is 6.15. The molecule has 1 aliphatic carbocycles. The highest BCUT2D eigenvalue weighted by molar-refractivity contribution is 5.90. The van der Waals surface area contributed by atoms with Crippen LogP contribution in [0.4, 0.5) is 0 Å². The van der Waals surface area contributed by atoms with E-state index >= 15 is 0 Å². The SMILES string of the molecule is CN[C@@H]1CCc2c1cc1cc(-c3cccc(-c4ccccc4)c3C)oc1c2C#N. The standard InChI is InChI=1S/C26H22N2O/c1-16-19(17-7-4-3-5-8-17)9-6-10-20(16)25-14-18-13-22-21(11-12-24(22)28-2)23(15-27)26(18)29-25/h3-10,13-14,24,28H,11-12H2,1-2H3/t24-/m1/s1. The first-order valence-electron chi connectivity index (χ1n) is 10.0. The highest BCUT2D eigenvalue weighted by Gasteiger charge is 2.27. The summed E-state index contributed by atoms with van der Waals surface area (Å²) in [6.07, 6.45) is 1.94. The number of benzene rings is 3. The Labute approximate surface area is 170 Å². The largest absolute Gasteiger partial charge is 0.455 e. The molecule has 142 valence electrons. The number of furan rings is 1. The van der Waals surface area contributed by atoms with Gasteiger partial charge in [0.1, 0.15) is 11.8 Å². The summed E-state index contributed by atoms with van der Waals surface area (Å²) in [6.45, 7) is 2.13. The number of hydrogen-bond acceptors (Lipinski definition) is 3. The van der Waals surface area contributed by atoms with E-state index in [0.717, 1.165) is 35.1 Å². The van der Waals surface area contributed by atoms with E-state index in [0.29, 0.717) is 17.2 Å². The highest BCUT2D eigenvalue weighted by atomic mass is 16.3. The van der Waals surface area contributed by atoms with Crippen molar-refractivity contribution in [2.24, 2.45) is 0 Å². The fourth-order valence-corrected chi connectivity index (χ4v) is 4.65. The van der Waals surface area contributed by atoms with Crippen molar-refractivity contribution >= 4 is 11.0 Å². The van der Waals surface area contributed by atoms with Crippen LogP contribution >= 0.6 is 0 Å². The lowest BCUT2D eigenvalue weighted by molar-refractivity contribution is 0.591. The zero-order valence-electron chi connectivity index (χ0n) is 16.6. The summed E-state index contributed by atoms with van der Waals surface area (Å²) >= 11 is 0. The van der Waals surface area contributed by atoms with E-state index in [2.05, 4.69) is 72.9 Å². The highest BCUT2D eigenvalue weighted by Crippen LogP contribution is 2.41. The van der Waals surface area contributed by atoms with Gasteiger partial charge in [0.15, 0.2) is 5.58 Å². The van der Waals surface area contributed by atoms with Crippen LogP contribution < -0.4 is 5.32 Å². The molecule has 0 amide bonds. The van der Waals surface area contributed by atoms with E-state index in [1.165, 1.54) is 22.3 Å². The predicted molar refractivity (Wildman–Crippen MR) is 117 cm³/mol. The molecule has 3 aromatic carbocycles. The number of nitriles is 1. The molecule has 1 aromatic heterocycles. The first-order chi connectivity index (χ1) is 14.2. The molecule has 0 unspecified atom stereocenters. The van der Waals surface area contributed by atoms with Gasteiger partial charge in [-0.1, -0.05) is 48.5 Å². The fraction of sp³-hybridized carbons (Fsp3) is 0.192. The van der Waals surface area contributed by atoms with Crippen LogP contribution in [0.5, 0.6) is 0 Å². The van der Waals surface area contributed by atoms with Crippen LogP contribution in [0.25, 0.3) is 33.4 Å². The lowest BCUT2D eigenvalue weighted by Gasteiger charge is -2.10. The van der Waals surface area contributed by atoms with Gasteiger partial charge in [0.2, 0.25) is 0 Å². The van der Waals surface area contributed by atoms with Crippen LogP contribution in [0.15, 0.2) is 65.1 Å². The van der Waals surface area contributed by atoms with Crippen molar-refractivity contribution in [2.45, 2.75) is 25.8 Å². The van der Waals surface area contributed by atoms with Gasteiger partial charge in [0.05, 0.1) is 5.56 Å². The van der Waals surface area contributed by atoms with Gasteiger partial charge in [-0.2, -0.15) is 5.26 Å². The maximum atomic E-state index is 9.86. The molecule has 0 saturated carbocycles. The molecule has 4 aromatic rings. The van der Waals surface area contributed by atoms with Gasteiger partial charge < -0.3 is 9.73 Å². The lowest BCUT2D eigenvalue weighted by Crippen LogP contribution is -2.12. The summed E-state index contributed by atoms with van der Waals surface area (Å²) in [4.78, 5) is 0. The Bertz CT molecular complexity index is 1260. The molecule has 5 rings (SSSR count). The number of nitrogens with zero attached hydrogens (tertiary/aromatic N) is 1. The second-order valence-electron chi connectivity index (χ2n) is 7.68. The Morgan fingerprint density at radius 2 is 1.83 bits per heavy atom. The maximum Gasteiger partial charge on any atom is 0.152 e. The smallest absolute Gasteiger partial charge is 0.152 e. The van der Waals surface area contributed by atoms with E-state index in [1.807, 2.05) is 13.1 Å². The Hall–Kier alpha value is -3.35. The molecule has 0 aliphatic heterocycles. The van der Waals surface area contributed by atoms with Gasteiger partial charge in [0, 0.05) is 17.0 Å². The zero-order chi connectivity index (χ0) is 20.0. The van der Waals surface area contributed by atoms with Gasteiger partial charge in [-0.3, -0.25) is 0 Å². The number of rotatable bonds is 3. The first kappa shape index (κ1) is 17.7. The van der Waals surface area contributed by atoms with Crippen molar-refractivity contribution in [1.29, 1.82) is 5.26 Å². The zero-order valence-corrected chi connectivity index (χ0v) is 16.6. The Morgan fingerprint density at radius 3 is 2.59 bits per heavy atom. The summed E-state index contributed by atoms with van der Waals surface area (Å²) < 4.78 is 6.30. The lowest BCUT2D eigenvalue weighted by atomic mass is 9.95. The minimum Gasteiger partial charge on any atom is -0.455 e. The van der Waals surface area contributed by atoms with Crippen molar-refractivity contribution in [2.75, 3.05) is 7.05 Å². The van der Waals surface area contributed by atoms with Crippen LogP contribution in [0, 0.1) is 18.3 Å². The minimum atomic E-state index is 0.308. The van der Waals surface area contributed by atoms with Crippen molar-refractivity contribution < 1.29 is 4.42 Å². The van der Waals surface area contributed by atoms with Gasteiger partial charge in [0.25, 0.3) is 0 Å². The van der Waals surface area contributed by atoms with Gasteiger partial charge in [-0.25, -0.2) is 0 Å². The van der Waals surface area contributed by atoms with E-state index in [1.54, 1.807) is 0 Å². The van der Waals surface area contributed by atoms with Gasteiger partial charge in [-0.15, -0.1) is 0 Å². The third kappa shape index (κ3) is 2.76. The van der Waals surface area contributed by atoms with E-state index < -0.39 is 0 Å². The first-order valence-corrected chi connectivity index (χ1v) is 10.0. The van der Waals surface area contributed by atoms with Crippen molar-refractivity contribution in [3.05, 3.63) is 82.9 Å². The topological polar surface area (TPSA) is 49.0 Å². The summed E-state index contributed by atoms with van der Waals surface area (Å²) in [5.74, 6) is 0.816. The molecular formula is C26H22N2O. The maximum absolute atomic E-state index is 9.86. The van der Waals surface area contributed by atoms with E-state index in [-0.39, 0.29) is 0 Å². The van der Waals surface area contributed by atoms with Gasteiger partial charge in [-0.05, 0) is 66.8 Å². The molecule has 1 atom stereocenters. The molecule has 3 nitrogen and oxygen atoms in total. The number of hydrogen-bond donors (Lipinski definition) is 1. The van der Waals surface area contributed by atoms with Crippen molar-refractivity contribution in [3.63, 3.8) is 0 Å². The molecule has 0 radical (unpaired) electrons. The second-order valence-corrected chi connectivity index (χ2v) is 7.68. The molecule has 29 heavy (non-hydrogen) atoms. The number of nitrogens with one attached hydrogen (secondary N) is 1. The minimum absolute atomic E-state index is 0.308. The van der Waals surface area contributed by atoms with Crippen LogP contribution in [-0.2, 0) is 6.42 Å². The molecule has 1 heterocycles. The molecule has 0 fully saturated rings. The third-order valence-electron chi connectivity index (χ3n) is 6.15. The quantitative estimate of drug-likeness (QED) is 0.465. The molecule has 0 saturated heterocycles. The third-order valence-corrected chi connectivity index (χ3v) is 6.15. The summed E-state index contributed by atoms with van der Waals surface area (Å²) in [5, 5.41) is 14.2. The van der Waals surface area contributed by atoms with Crippen LogP contribution in [-0.4, -0.2) is 7.05 Å². The normalized spacial score (nSPS) is 15.4. The molecule has 0 bridgehead atoms. The Balaban J connectivity index is 1.69. The molecule has 0 spiro atoms. The van der Waals surface area contributed by atoms with E-state index in [4.69, 9.17) is 4.42 Å². The summed E-state index contributed by atoms with van der Waals surface area (Å²) in [5.41, 5.74) is 8.40. The summed E-state index contributed by atoms with van der Waals surface area (Å²) in [7, 11) is 1.98. The number of fused-ring (bicyclic) bond motifs is 2. The Morgan fingerprint density at radius 1 is 1.03 bits per heavy atom. The van der Waals surface area contributed by atoms with Crippen LogP contribution in [0.1, 0.15) is 34.7 Å². The molecule has 1 aliphatic rings. The van der Waals surface area contributed by atoms with Crippen LogP contribution in [0.3, 0.4) is 0 Å². The van der Waals surface area contributed by atoms with Crippen LogP contribution in [0.2, 0.25) is 0 Å². The molecular weight excluding hydrogens is 356 g/mol.